The van der Waals surface area contributed by atoms with E-state index in [4.69, 9.17) is 0 Å². The van der Waals surface area contributed by atoms with Crippen LogP contribution in [-0.2, 0) is 10.0 Å². The molecule has 3 aromatic carbocycles. The average Bonchev–Trinajstić information content (AvgIpc) is 2.72. The molecule has 0 aromatic heterocycles. The molecule has 0 aliphatic carbocycles. The van der Waals surface area contributed by atoms with Gasteiger partial charge in [-0.25, -0.2) is 0 Å². The zero-order valence-corrected chi connectivity index (χ0v) is 15.5. The van der Waals surface area contributed by atoms with E-state index in [2.05, 4.69) is 4.40 Å². The largest absolute Gasteiger partial charge is 0.282 e. The predicted octanol–water partition coefficient (Wildman–Crippen LogP) is 5.24. The van der Waals surface area contributed by atoms with Crippen LogP contribution < -0.4 is 0 Å². The van der Waals surface area contributed by atoms with Crippen molar-refractivity contribution in [2.75, 3.05) is 0 Å². The maximum Gasteiger partial charge on any atom is 0.282 e. The molecule has 3 nitrogen and oxygen atoms in total. The van der Waals surface area contributed by atoms with Crippen LogP contribution >= 0.6 is 0 Å². The molecule has 0 heterocycles. The van der Waals surface area contributed by atoms with Gasteiger partial charge in [-0.2, -0.15) is 12.8 Å². The van der Waals surface area contributed by atoms with Crippen molar-refractivity contribution in [3.8, 4) is 0 Å². The molecule has 0 fully saturated rings. The van der Waals surface area contributed by atoms with E-state index >= 15 is 0 Å². The van der Waals surface area contributed by atoms with Gasteiger partial charge >= 0.3 is 0 Å². The highest BCUT2D eigenvalue weighted by Gasteiger charge is 2.11. The van der Waals surface area contributed by atoms with E-state index in [0.717, 1.165) is 11.1 Å². The van der Waals surface area contributed by atoms with Crippen LogP contribution in [0.3, 0.4) is 0 Å². The van der Waals surface area contributed by atoms with Gasteiger partial charge in [-0.1, -0.05) is 91.0 Å². The van der Waals surface area contributed by atoms with Crippen LogP contribution in [0.1, 0.15) is 11.1 Å². The monoisotopic (exact) mass is 373 g/mol. The Morgan fingerprint density at radius 1 is 0.630 bits per heavy atom. The minimum atomic E-state index is -3.78. The lowest BCUT2D eigenvalue weighted by Gasteiger charge is -2.00. The van der Waals surface area contributed by atoms with Crippen LogP contribution in [0.5, 0.6) is 0 Å². The molecular weight excluding hydrogens is 354 g/mol. The first-order chi connectivity index (χ1) is 13.1. The van der Waals surface area contributed by atoms with E-state index < -0.39 is 10.0 Å². The van der Waals surface area contributed by atoms with Gasteiger partial charge in [0.25, 0.3) is 10.0 Å². The lowest BCUT2D eigenvalue weighted by molar-refractivity contribution is 0.598. The smallest absolute Gasteiger partial charge is 0.199 e. The van der Waals surface area contributed by atoms with E-state index in [0.29, 0.717) is 5.71 Å². The quantitative estimate of drug-likeness (QED) is 0.555. The van der Waals surface area contributed by atoms with Crippen molar-refractivity contribution in [2.24, 2.45) is 4.40 Å². The summed E-state index contributed by atoms with van der Waals surface area (Å²) in [5, 5.41) is 0. The van der Waals surface area contributed by atoms with Gasteiger partial charge in [-0.3, -0.25) is 0 Å². The van der Waals surface area contributed by atoms with E-state index in [1.807, 2.05) is 72.8 Å². The molecule has 0 aliphatic heterocycles. The molecule has 27 heavy (non-hydrogen) atoms. The zero-order chi connectivity index (χ0) is 19.0. The van der Waals surface area contributed by atoms with Crippen molar-refractivity contribution >= 4 is 27.9 Å². The third kappa shape index (κ3) is 5.62. The van der Waals surface area contributed by atoms with Crippen molar-refractivity contribution in [2.45, 2.75) is 4.90 Å². The van der Waals surface area contributed by atoms with Crippen LogP contribution in [0.15, 0.2) is 112 Å². The summed E-state index contributed by atoms with van der Waals surface area (Å²) in [6.45, 7) is 0. The van der Waals surface area contributed by atoms with Crippen LogP contribution in [0.2, 0.25) is 0 Å². The van der Waals surface area contributed by atoms with E-state index in [1.165, 1.54) is 12.1 Å². The Hall–Kier alpha value is -3.24. The fraction of sp³-hybridized carbons (Fsp3) is 0. The molecule has 134 valence electrons. The lowest BCUT2D eigenvalue weighted by Crippen LogP contribution is -2.01. The Kier molecular flexibility index (Phi) is 6.13. The Morgan fingerprint density at radius 3 is 1.48 bits per heavy atom. The zero-order valence-electron chi connectivity index (χ0n) is 14.6. The molecule has 0 aliphatic rings. The summed E-state index contributed by atoms with van der Waals surface area (Å²) in [7, 11) is -3.78. The molecule has 0 unspecified atom stereocenters. The number of allylic oxidation sites excluding steroid dienone is 2. The number of hydrogen-bond acceptors (Lipinski definition) is 2. The van der Waals surface area contributed by atoms with Gasteiger partial charge in [0.1, 0.15) is 0 Å². The molecule has 0 N–H and O–H groups in total. The van der Waals surface area contributed by atoms with Crippen molar-refractivity contribution in [3.05, 3.63) is 114 Å². The Balaban J connectivity index is 1.96. The second-order valence-electron chi connectivity index (χ2n) is 5.79. The van der Waals surface area contributed by atoms with Crippen molar-refractivity contribution in [1.29, 1.82) is 0 Å². The first-order valence-electron chi connectivity index (χ1n) is 8.50. The van der Waals surface area contributed by atoms with Crippen LogP contribution in [0, 0.1) is 0 Å². The summed E-state index contributed by atoms with van der Waals surface area (Å²) in [6.07, 6.45) is 7.09. The Morgan fingerprint density at radius 2 is 1.04 bits per heavy atom. The van der Waals surface area contributed by atoms with Crippen LogP contribution in [0.25, 0.3) is 12.2 Å². The average molecular weight is 373 g/mol. The number of hydrogen-bond donors (Lipinski definition) is 0. The summed E-state index contributed by atoms with van der Waals surface area (Å²) in [5.41, 5.74) is 2.29. The summed E-state index contributed by atoms with van der Waals surface area (Å²) in [4.78, 5) is 0.170. The topological polar surface area (TPSA) is 46.5 Å². The van der Waals surface area contributed by atoms with Gasteiger partial charge in [0.2, 0.25) is 0 Å². The Labute approximate surface area is 160 Å². The second-order valence-corrected chi connectivity index (χ2v) is 7.40. The molecule has 0 bridgehead atoms. The summed E-state index contributed by atoms with van der Waals surface area (Å²) >= 11 is 0. The Bertz CT molecular complexity index is 1000. The number of nitrogens with zero attached hydrogens (tertiary/aromatic N) is 1. The van der Waals surface area contributed by atoms with Crippen molar-refractivity contribution < 1.29 is 8.42 Å². The molecule has 0 amide bonds. The molecule has 0 radical (unpaired) electrons. The highest BCUT2D eigenvalue weighted by Crippen LogP contribution is 2.13. The van der Waals surface area contributed by atoms with E-state index in [1.54, 1.807) is 30.4 Å². The van der Waals surface area contributed by atoms with Crippen LogP contribution in [0.4, 0.5) is 0 Å². The van der Waals surface area contributed by atoms with E-state index in [-0.39, 0.29) is 4.90 Å². The number of rotatable bonds is 6. The molecule has 0 saturated carbocycles. The van der Waals surface area contributed by atoms with Crippen molar-refractivity contribution in [1.82, 2.24) is 0 Å². The first kappa shape index (κ1) is 18.5. The third-order valence-corrected chi connectivity index (χ3v) is 5.08. The standard InChI is InChI=1S/C23H19NO2S/c25-27(26,23-14-8-3-9-15-23)24-22(18-16-20-10-4-1-5-11-20)19-17-21-12-6-2-7-13-21/h1-19H/b18-16-,19-17+,24-22?. The van der Waals surface area contributed by atoms with Gasteiger partial charge < -0.3 is 0 Å². The number of benzene rings is 3. The van der Waals surface area contributed by atoms with Crippen molar-refractivity contribution in [3.63, 3.8) is 0 Å². The third-order valence-electron chi connectivity index (χ3n) is 3.76. The molecule has 0 atom stereocenters. The maximum atomic E-state index is 12.6. The maximum absolute atomic E-state index is 12.6. The molecule has 0 saturated heterocycles. The molecule has 3 rings (SSSR count). The predicted molar refractivity (Wildman–Crippen MR) is 112 cm³/mol. The summed E-state index contributed by atoms with van der Waals surface area (Å²) in [5.74, 6) is 0. The lowest BCUT2D eigenvalue weighted by atomic mass is 10.1. The van der Waals surface area contributed by atoms with Gasteiger partial charge in [-0.15, -0.1) is 0 Å². The minimum absolute atomic E-state index is 0.170. The fourth-order valence-electron chi connectivity index (χ4n) is 2.39. The van der Waals surface area contributed by atoms with E-state index in [9.17, 15) is 8.42 Å². The SMILES string of the molecule is O=S(=O)(N=C(/C=C\c1ccccc1)/C=C/c1ccccc1)c1ccccc1. The highest BCUT2D eigenvalue weighted by atomic mass is 32.2. The van der Waals surface area contributed by atoms with Gasteiger partial charge in [0, 0.05) is 0 Å². The summed E-state index contributed by atoms with van der Waals surface area (Å²) < 4.78 is 29.2. The molecule has 3 aromatic rings. The highest BCUT2D eigenvalue weighted by molar-refractivity contribution is 7.90. The van der Waals surface area contributed by atoms with Crippen LogP contribution in [-0.4, -0.2) is 14.1 Å². The van der Waals surface area contributed by atoms with Gasteiger partial charge in [0.05, 0.1) is 10.6 Å². The molecule has 0 spiro atoms. The van der Waals surface area contributed by atoms with Gasteiger partial charge in [-0.05, 0) is 35.4 Å². The minimum Gasteiger partial charge on any atom is -0.199 e. The first-order valence-corrected chi connectivity index (χ1v) is 9.94. The second kappa shape index (κ2) is 8.92. The van der Waals surface area contributed by atoms with Gasteiger partial charge in [0.15, 0.2) is 0 Å². The fourth-order valence-corrected chi connectivity index (χ4v) is 3.40. The molecule has 4 heteroatoms. The molecular formula is C23H19NO2S. The normalized spacial score (nSPS) is 12.7. The summed E-state index contributed by atoms with van der Waals surface area (Å²) in [6, 6.07) is 27.6. The number of sulfonamides is 1.